The summed E-state index contributed by atoms with van der Waals surface area (Å²) in [5.74, 6) is 1.79. The Labute approximate surface area is 89.9 Å². The maximum Gasteiger partial charge on any atom is 0.118 e. The van der Waals surface area contributed by atoms with Crippen molar-refractivity contribution in [3.05, 3.63) is 23.2 Å². The molecule has 0 amide bonds. The van der Waals surface area contributed by atoms with Gasteiger partial charge in [0.1, 0.15) is 11.5 Å². The van der Waals surface area contributed by atoms with Crippen LogP contribution < -0.4 is 5.32 Å². The summed E-state index contributed by atoms with van der Waals surface area (Å²) >= 11 is 0. The van der Waals surface area contributed by atoms with Gasteiger partial charge >= 0.3 is 0 Å². The second-order valence-electron chi connectivity index (χ2n) is 3.98. The number of hydrogen-bond acceptors (Lipinski definition) is 4. The van der Waals surface area contributed by atoms with E-state index >= 15 is 0 Å². The Hall–Kier alpha value is -0.840. The highest BCUT2D eigenvalue weighted by Crippen LogP contribution is 2.16. The van der Waals surface area contributed by atoms with Gasteiger partial charge in [-0.05, 0) is 13.0 Å². The van der Waals surface area contributed by atoms with Gasteiger partial charge in [0.05, 0.1) is 13.2 Å². The molecule has 1 aliphatic rings. The molecule has 1 aromatic rings. The molecule has 4 heteroatoms. The van der Waals surface area contributed by atoms with Gasteiger partial charge in [0.15, 0.2) is 0 Å². The molecule has 2 rings (SSSR count). The maximum absolute atomic E-state index is 9.05. The fourth-order valence-corrected chi connectivity index (χ4v) is 1.91. The first kappa shape index (κ1) is 10.7. The summed E-state index contributed by atoms with van der Waals surface area (Å²) in [5.41, 5.74) is 0.903. The van der Waals surface area contributed by atoms with E-state index in [9.17, 15) is 0 Å². The van der Waals surface area contributed by atoms with Gasteiger partial charge in [0.2, 0.25) is 0 Å². The number of aryl methyl sites for hydroxylation is 1. The van der Waals surface area contributed by atoms with Gasteiger partial charge in [-0.1, -0.05) is 0 Å². The van der Waals surface area contributed by atoms with Crippen LogP contribution in [0.2, 0.25) is 0 Å². The zero-order valence-corrected chi connectivity index (χ0v) is 9.12. The molecular weight excluding hydrogens is 192 g/mol. The summed E-state index contributed by atoms with van der Waals surface area (Å²) in [6, 6.07) is 1.96. The van der Waals surface area contributed by atoms with Crippen molar-refractivity contribution in [2.75, 3.05) is 26.2 Å². The van der Waals surface area contributed by atoms with Gasteiger partial charge in [-0.2, -0.15) is 0 Å². The van der Waals surface area contributed by atoms with Crippen LogP contribution in [0.1, 0.15) is 17.1 Å². The highest BCUT2D eigenvalue weighted by Gasteiger charge is 2.13. The molecule has 1 fully saturated rings. The number of rotatable bonds is 3. The lowest BCUT2D eigenvalue weighted by molar-refractivity contribution is 0.215. The van der Waals surface area contributed by atoms with Gasteiger partial charge in [0.25, 0.3) is 0 Å². The van der Waals surface area contributed by atoms with Gasteiger partial charge in [0, 0.05) is 31.7 Å². The third kappa shape index (κ3) is 2.59. The normalized spacial score (nSPS) is 18.3. The fraction of sp³-hybridized carbons (Fsp3) is 0.636. The molecule has 4 nitrogen and oxygen atoms in total. The Morgan fingerprint density at radius 1 is 1.47 bits per heavy atom. The standard InChI is InChI=1S/C11H18N2O2/c1-9-10(8-14)6-11(15-9)7-13-4-2-12-3-5-13/h6,12,14H,2-5,7-8H2,1H3. The van der Waals surface area contributed by atoms with Gasteiger partial charge in [-0.15, -0.1) is 0 Å². The highest BCUT2D eigenvalue weighted by molar-refractivity contribution is 5.19. The first-order valence-corrected chi connectivity index (χ1v) is 5.41. The lowest BCUT2D eigenvalue weighted by Gasteiger charge is -2.26. The average Bonchev–Trinajstić information content (AvgIpc) is 2.60. The molecule has 0 saturated carbocycles. The van der Waals surface area contributed by atoms with E-state index in [4.69, 9.17) is 9.52 Å². The van der Waals surface area contributed by atoms with Crippen LogP contribution >= 0.6 is 0 Å². The lowest BCUT2D eigenvalue weighted by Crippen LogP contribution is -2.42. The Morgan fingerprint density at radius 3 is 2.80 bits per heavy atom. The van der Waals surface area contributed by atoms with Crippen LogP contribution in [-0.2, 0) is 13.2 Å². The van der Waals surface area contributed by atoms with Crippen molar-refractivity contribution in [3.63, 3.8) is 0 Å². The number of nitrogens with one attached hydrogen (secondary N) is 1. The maximum atomic E-state index is 9.05. The fourth-order valence-electron chi connectivity index (χ4n) is 1.91. The van der Waals surface area contributed by atoms with E-state index in [0.717, 1.165) is 49.8 Å². The number of nitrogens with zero attached hydrogens (tertiary/aromatic N) is 1. The first-order chi connectivity index (χ1) is 7.29. The van der Waals surface area contributed by atoms with Crippen molar-refractivity contribution in [2.24, 2.45) is 0 Å². The van der Waals surface area contributed by atoms with Crippen LogP contribution in [0, 0.1) is 6.92 Å². The Balaban J connectivity index is 1.97. The third-order valence-corrected chi connectivity index (χ3v) is 2.83. The molecule has 1 aliphatic heterocycles. The topological polar surface area (TPSA) is 48.6 Å². The first-order valence-electron chi connectivity index (χ1n) is 5.41. The molecule has 1 aromatic heterocycles. The predicted octanol–water partition coefficient (Wildman–Crippen LogP) is 0.486. The summed E-state index contributed by atoms with van der Waals surface area (Å²) in [4.78, 5) is 2.36. The molecule has 0 radical (unpaired) electrons. The van der Waals surface area contributed by atoms with Crippen molar-refractivity contribution in [3.8, 4) is 0 Å². The van der Waals surface area contributed by atoms with Crippen LogP contribution in [0.15, 0.2) is 10.5 Å². The molecule has 0 bridgehead atoms. The molecule has 2 heterocycles. The second kappa shape index (κ2) is 4.79. The van der Waals surface area contributed by atoms with E-state index < -0.39 is 0 Å². The summed E-state index contributed by atoms with van der Waals surface area (Å²) in [7, 11) is 0. The molecule has 0 atom stereocenters. The molecule has 0 unspecified atom stereocenters. The Morgan fingerprint density at radius 2 is 2.20 bits per heavy atom. The van der Waals surface area contributed by atoms with E-state index in [1.165, 1.54) is 0 Å². The van der Waals surface area contributed by atoms with Crippen LogP contribution in [0.4, 0.5) is 0 Å². The smallest absolute Gasteiger partial charge is 0.118 e. The van der Waals surface area contributed by atoms with Crippen LogP contribution in [0.25, 0.3) is 0 Å². The minimum absolute atomic E-state index is 0.0664. The minimum Gasteiger partial charge on any atom is -0.465 e. The average molecular weight is 210 g/mol. The number of aliphatic hydroxyl groups excluding tert-OH is 1. The summed E-state index contributed by atoms with van der Waals surface area (Å²) < 4.78 is 5.59. The third-order valence-electron chi connectivity index (χ3n) is 2.83. The monoisotopic (exact) mass is 210 g/mol. The number of furan rings is 1. The number of piperazine rings is 1. The quantitative estimate of drug-likeness (QED) is 0.762. The molecule has 15 heavy (non-hydrogen) atoms. The zero-order chi connectivity index (χ0) is 10.7. The highest BCUT2D eigenvalue weighted by atomic mass is 16.3. The van der Waals surface area contributed by atoms with E-state index in [2.05, 4.69) is 10.2 Å². The van der Waals surface area contributed by atoms with Gasteiger partial charge < -0.3 is 14.8 Å². The number of aliphatic hydroxyl groups is 1. The van der Waals surface area contributed by atoms with Crippen molar-refractivity contribution >= 4 is 0 Å². The molecule has 0 spiro atoms. The Bertz CT molecular complexity index is 316. The van der Waals surface area contributed by atoms with E-state index in [0.29, 0.717) is 0 Å². The van der Waals surface area contributed by atoms with Crippen LogP contribution in [-0.4, -0.2) is 36.2 Å². The molecule has 1 saturated heterocycles. The van der Waals surface area contributed by atoms with E-state index in [-0.39, 0.29) is 6.61 Å². The molecular formula is C11H18N2O2. The molecule has 0 aliphatic carbocycles. The zero-order valence-electron chi connectivity index (χ0n) is 9.12. The minimum atomic E-state index is 0.0664. The molecule has 84 valence electrons. The van der Waals surface area contributed by atoms with E-state index in [1.807, 2.05) is 13.0 Å². The van der Waals surface area contributed by atoms with Crippen molar-refractivity contribution in [1.29, 1.82) is 0 Å². The van der Waals surface area contributed by atoms with Crippen LogP contribution in [0.5, 0.6) is 0 Å². The summed E-state index contributed by atoms with van der Waals surface area (Å²) in [6.07, 6.45) is 0. The van der Waals surface area contributed by atoms with Crippen LogP contribution in [0.3, 0.4) is 0 Å². The number of hydrogen-bond donors (Lipinski definition) is 2. The van der Waals surface area contributed by atoms with Gasteiger partial charge in [-0.25, -0.2) is 0 Å². The predicted molar refractivity (Wildman–Crippen MR) is 57.5 cm³/mol. The van der Waals surface area contributed by atoms with E-state index in [1.54, 1.807) is 0 Å². The molecule has 0 aromatic carbocycles. The Kier molecular flexibility index (Phi) is 3.41. The van der Waals surface area contributed by atoms with Crippen molar-refractivity contribution in [2.45, 2.75) is 20.1 Å². The second-order valence-corrected chi connectivity index (χ2v) is 3.98. The lowest BCUT2D eigenvalue weighted by atomic mass is 10.2. The summed E-state index contributed by atoms with van der Waals surface area (Å²) in [6.45, 7) is 7.04. The SMILES string of the molecule is Cc1oc(CN2CCNCC2)cc1CO. The largest absolute Gasteiger partial charge is 0.465 e. The van der Waals surface area contributed by atoms with Crippen molar-refractivity contribution in [1.82, 2.24) is 10.2 Å². The van der Waals surface area contributed by atoms with Crippen molar-refractivity contribution < 1.29 is 9.52 Å². The molecule has 2 N–H and O–H groups in total. The summed E-state index contributed by atoms with van der Waals surface area (Å²) in [5, 5.41) is 12.4. The van der Waals surface area contributed by atoms with Gasteiger partial charge in [-0.3, -0.25) is 4.90 Å².